The van der Waals surface area contributed by atoms with Gasteiger partial charge in [0.15, 0.2) is 0 Å². The van der Waals surface area contributed by atoms with Crippen molar-refractivity contribution >= 4 is 23.6 Å². The summed E-state index contributed by atoms with van der Waals surface area (Å²) in [6, 6.07) is 3.94. The lowest BCUT2D eigenvalue weighted by atomic mass is 9.89. The Morgan fingerprint density at radius 3 is 3.00 bits per heavy atom. The molecule has 0 saturated carbocycles. The van der Waals surface area contributed by atoms with E-state index in [-0.39, 0.29) is 24.8 Å². The van der Waals surface area contributed by atoms with Gasteiger partial charge in [0.25, 0.3) is 0 Å². The van der Waals surface area contributed by atoms with Crippen LogP contribution >= 0.6 is 0 Å². The van der Waals surface area contributed by atoms with Gasteiger partial charge < -0.3 is 20.3 Å². The number of nitrogens with zero attached hydrogens (tertiary/aromatic N) is 1. The molecule has 3 rings (SSSR count). The molecule has 2 aliphatic rings. The fourth-order valence-electron chi connectivity index (χ4n) is 2.73. The third-order valence-corrected chi connectivity index (χ3v) is 3.90. The Kier molecular flexibility index (Phi) is 4.14. The molecular weight excluding hydrogens is 305 g/mol. The van der Waals surface area contributed by atoms with Crippen LogP contribution in [0.15, 0.2) is 18.2 Å². The smallest absolute Gasteiger partial charge is 0.409 e. The number of hydrogen-bond acceptors (Lipinski definition) is 4. The summed E-state index contributed by atoms with van der Waals surface area (Å²) in [5.41, 5.74) is 0.911. The number of rotatable bonds is 4. The number of carbonyl (C=O) groups excluding carboxylic acids is 3. The molecule has 0 radical (unpaired) electrons. The van der Waals surface area contributed by atoms with Crippen LogP contribution in [0.3, 0.4) is 0 Å². The molecule has 0 aliphatic carbocycles. The molecular formula is C15H16FN3O4. The second-order valence-electron chi connectivity index (χ2n) is 5.43. The molecule has 1 saturated heterocycles. The Balaban J connectivity index is 1.64. The average molecular weight is 321 g/mol. The number of carbonyl (C=O) groups is 3. The van der Waals surface area contributed by atoms with Gasteiger partial charge in [0.1, 0.15) is 12.4 Å². The zero-order valence-corrected chi connectivity index (χ0v) is 12.3. The van der Waals surface area contributed by atoms with E-state index in [9.17, 15) is 18.8 Å². The molecule has 1 aromatic carbocycles. The van der Waals surface area contributed by atoms with E-state index in [1.165, 1.54) is 23.1 Å². The molecule has 0 spiro atoms. The van der Waals surface area contributed by atoms with Crippen LogP contribution in [-0.2, 0) is 14.3 Å². The van der Waals surface area contributed by atoms with Gasteiger partial charge in [-0.1, -0.05) is 0 Å². The largest absolute Gasteiger partial charge is 0.448 e. The van der Waals surface area contributed by atoms with Crippen LogP contribution in [0.4, 0.5) is 14.9 Å². The second-order valence-corrected chi connectivity index (χ2v) is 5.43. The lowest BCUT2D eigenvalue weighted by molar-refractivity contribution is -0.126. The predicted molar refractivity (Wildman–Crippen MR) is 78.3 cm³/mol. The maximum absolute atomic E-state index is 13.4. The van der Waals surface area contributed by atoms with Gasteiger partial charge in [0.2, 0.25) is 11.8 Å². The van der Waals surface area contributed by atoms with E-state index in [1.54, 1.807) is 0 Å². The van der Waals surface area contributed by atoms with Crippen molar-refractivity contribution in [1.82, 2.24) is 10.2 Å². The third kappa shape index (κ3) is 3.25. The number of halogens is 1. The van der Waals surface area contributed by atoms with Gasteiger partial charge in [-0.15, -0.1) is 0 Å². The summed E-state index contributed by atoms with van der Waals surface area (Å²) in [6.45, 7) is 1.42. The Labute approximate surface area is 131 Å². The number of benzene rings is 1. The number of cyclic esters (lactones) is 1. The Bertz CT molecular complexity index is 664. The van der Waals surface area contributed by atoms with Gasteiger partial charge in [-0.25, -0.2) is 9.18 Å². The number of anilines is 1. The molecule has 0 bridgehead atoms. The van der Waals surface area contributed by atoms with Crippen LogP contribution in [-0.4, -0.2) is 49.0 Å². The summed E-state index contributed by atoms with van der Waals surface area (Å²) in [4.78, 5) is 36.8. The number of hydrogen-bond donors (Lipinski definition) is 2. The van der Waals surface area contributed by atoms with Gasteiger partial charge >= 0.3 is 6.09 Å². The standard InChI is InChI=1S/C15H16FN3O4/c16-9-1-2-12-10(7-9)11(8-13(20)18-12)14(21)17-3-4-19-5-6-23-15(19)22/h1-2,7,11H,3-6,8H2,(H,17,21)(H,18,20)/t11-/m0/s1. The molecule has 23 heavy (non-hydrogen) atoms. The molecule has 122 valence electrons. The SMILES string of the molecule is O=C1C[C@H](C(=O)NCCN2CCOC2=O)c2cc(F)ccc2N1. The van der Waals surface area contributed by atoms with Crippen molar-refractivity contribution in [2.45, 2.75) is 12.3 Å². The molecule has 1 aromatic rings. The molecule has 1 fully saturated rings. The van der Waals surface area contributed by atoms with Gasteiger partial charge in [-0.3, -0.25) is 9.59 Å². The number of fused-ring (bicyclic) bond motifs is 1. The lowest BCUT2D eigenvalue weighted by Crippen LogP contribution is -2.39. The number of nitrogens with one attached hydrogen (secondary N) is 2. The first kappa shape index (κ1) is 15.3. The van der Waals surface area contributed by atoms with Crippen molar-refractivity contribution in [2.24, 2.45) is 0 Å². The first-order chi connectivity index (χ1) is 11.0. The summed E-state index contributed by atoms with van der Waals surface area (Å²) in [5.74, 6) is -1.84. The average Bonchev–Trinajstić information content (AvgIpc) is 2.92. The molecule has 2 N–H and O–H groups in total. The van der Waals surface area contributed by atoms with E-state index >= 15 is 0 Å². The van der Waals surface area contributed by atoms with E-state index in [2.05, 4.69) is 10.6 Å². The Morgan fingerprint density at radius 2 is 2.26 bits per heavy atom. The van der Waals surface area contributed by atoms with Crippen molar-refractivity contribution in [3.8, 4) is 0 Å². The highest BCUT2D eigenvalue weighted by Gasteiger charge is 2.31. The van der Waals surface area contributed by atoms with Crippen LogP contribution in [0.25, 0.3) is 0 Å². The van der Waals surface area contributed by atoms with Crippen molar-refractivity contribution in [2.75, 3.05) is 31.6 Å². The summed E-state index contributed by atoms with van der Waals surface area (Å²) in [6.07, 6.45) is -0.433. The first-order valence-electron chi connectivity index (χ1n) is 7.33. The van der Waals surface area contributed by atoms with E-state index < -0.39 is 17.8 Å². The predicted octanol–water partition coefficient (Wildman–Crippen LogP) is 0.820. The maximum atomic E-state index is 13.4. The molecule has 0 aromatic heterocycles. The number of amides is 3. The van der Waals surface area contributed by atoms with Gasteiger partial charge in [0.05, 0.1) is 12.5 Å². The highest BCUT2D eigenvalue weighted by molar-refractivity contribution is 6.01. The summed E-state index contributed by atoms with van der Waals surface area (Å²) < 4.78 is 18.2. The highest BCUT2D eigenvalue weighted by Crippen LogP contribution is 2.32. The number of ether oxygens (including phenoxy) is 1. The Morgan fingerprint density at radius 1 is 1.43 bits per heavy atom. The third-order valence-electron chi connectivity index (χ3n) is 3.90. The minimum Gasteiger partial charge on any atom is -0.448 e. The fourth-order valence-corrected chi connectivity index (χ4v) is 2.73. The van der Waals surface area contributed by atoms with Crippen LogP contribution < -0.4 is 10.6 Å². The Hall–Kier alpha value is -2.64. The molecule has 3 amide bonds. The quantitative estimate of drug-likeness (QED) is 0.859. The molecule has 7 nitrogen and oxygen atoms in total. The van der Waals surface area contributed by atoms with Crippen LogP contribution in [0, 0.1) is 5.82 Å². The fraction of sp³-hybridized carbons (Fsp3) is 0.400. The van der Waals surface area contributed by atoms with Gasteiger partial charge in [-0.05, 0) is 23.8 Å². The van der Waals surface area contributed by atoms with Crippen molar-refractivity contribution in [3.05, 3.63) is 29.6 Å². The first-order valence-corrected chi connectivity index (χ1v) is 7.33. The van der Waals surface area contributed by atoms with Crippen LogP contribution in [0.2, 0.25) is 0 Å². The minimum atomic E-state index is -0.736. The monoisotopic (exact) mass is 321 g/mol. The zero-order chi connectivity index (χ0) is 16.4. The minimum absolute atomic E-state index is 0.0337. The highest BCUT2D eigenvalue weighted by atomic mass is 19.1. The normalized spacial score (nSPS) is 19.9. The van der Waals surface area contributed by atoms with Crippen molar-refractivity contribution < 1.29 is 23.5 Å². The van der Waals surface area contributed by atoms with Gasteiger partial charge in [0, 0.05) is 25.2 Å². The lowest BCUT2D eigenvalue weighted by Gasteiger charge is -2.25. The van der Waals surface area contributed by atoms with E-state index in [0.717, 1.165) is 0 Å². The summed E-state index contributed by atoms with van der Waals surface area (Å²) in [5, 5.41) is 5.31. The molecule has 2 heterocycles. The topological polar surface area (TPSA) is 87.7 Å². The van der Waals surface area contributed by atoms with Crippen molar-refractivity contribution in [3.63, 3.8) is 0 Å². The molecule has 2 aliphatic heterocycles. The molecule has 1 atom stereocenters. The molecule has 8 heteroatoms. The van der Waals surface area contributed by atoms with E-state index in [0.29, 0.717) is 30.9 Å². The van der Waals surface area contributed by atoms with E-state index in [4.69, 9.17) is 4.74 Å². The molecule has 0 unspecified atom stereocenters. The van der Waals surface area contributed by atoms with Crippen LogP contribution in [0.5, 0.6) is 0 Å². The maximum Gasteiger partial charge on any atom is 0.409 e. The zero-order valence-electron chi connectivity index (χ0n) is 12.3. The van der Waals surface area contributed by atoms with E-state index in [1.807, 2.05) is 0 Å². The second kappa shape index (κ2) is 6.23. The van der Waals surface area contributed by atoms with Crippen molar-refractivity contribution in [1.29, 1.82) is 0 Å². The van der Waals surface area contributed by atoms with Crippen LogP contribution in [0.1, 0.15) is 17.9 Å². The summed E-state index contributed by atoms with van der Waals surface area (Å²) >= 11 is 0. The summed E-state index contributed by atoms with van der Waals surface area (Å²) in [7, 11) is 0. The van der Waals surface area contributed by atoms with Gasteiger partial charge in [-0.2, -0.15) is 0 Å².